The molecule has 0 spiro atoms. The van der Waals surface area contributed by atoms with Gasteiger partial charge in [0.1, 0.15) is 0 Å². The topological polar surface area (TPSA) is 58.2 Å². The molecule has 1 aliphatic rings. The molecule has 0 saturated carbocycles. The van der Waals surface area contributed by atoms with Crippen molar-refractivity contribution in [3.05, 3.63) is 99.5 Å². The number of nitrogens with one attached hydrogen (secondary N) is 2. The Bertz CT molecular complexity index is 1150. The zero-order valence-electron chi connectivity index (χ0n) is 17.6. The fraction of sp³-hybridized carbons (Fsp3) is 0.231. The van der Waals surface area contributed by atoms with Crippen LogP contribution in [0.25, 0.3) is 0 Å². The molecule has 2 N–H and O–H groups in total. The first kappa shape index (κ1) is 22.4. The lowest BCUT2D eigenvalue weighted by molar-refractivity contribution is -0.129. The highest BCUT2D eigenvalue weighted by atomic mass is 35.5. The first-order valence-corrected chi connectivity index (χ1v) is 11.4. The third-order valence-electron chi connectivity index (χ3n) is 5.96. The number of carbonyl (C=O) groups excluding carboxylic acids is 2. The Morgan fingerprint density at radius 1 is 1.00 bits per heavy atom. The number of piperidine rings is 1. The van der Waals surface area contributed by atoms with Crippen molar-refractivity contribution in [2.24, 2.45) is 5.92 Å². The van der Waals surface area contributed by atoms with Gasteiger partial charge in [-0.1, -0.05) is 72.6 Å². The van der Waals surface area contributed by atoms with Gasteiger partial charge in [-0.05, 0) is 53.4 Å². The molecule has 32 heavy (non-hydrogen) atoms. The largest absolute Gasteiger partial charge is 0.348 e. The van der Waals surface area contributed by atoms with Gasteiger partial charge in [-0.2, -0.15) is 0 Å². The van der Waals surface area contributed by atoms with Crippen LogP contribution in [0.4, 0.5) is 5.69 Å². The van der Waals surface area contributed by atoms with E-state index >= 15 is 0 Å². The number of hydrogen-bond acceptors (Lipinski definition) is 2. The van der Waals surface area contributed by atoms with Crippen LogP contribution in [0.5, 0.6) is 0 Å². The molecule has 4 nitrogen and oxygen atoms in total. The number of carbonyl (C=O) groups is 2. The average Bonchev–Trinajstić information content (AvgIpc) is 2.78. The molecule has 0 bridgehead atoms. The standard InChI is InChI=1S/C26H24Cl2N2O2/c1-2-16-7-3-4-12-21(16)25-24(26(32)29-20-11-6-10-19(28)14-20)22(15-23(31)30-25)17-8-5-9-18(27)13-17/h3-14,22,24-25H,2,15H2,1H3,(H,29,32)(H,30,31)/t22-,24-,25+/m0/s1. The van der Waals surface area contributed by atoms with Crippen molar-refractivity contribution >= 4 is 40.7 Å². The van der Waals surface area contributed by atoms with Gasteiger partial charge in [0.25, 0.3) is 0 Å². The first-order chi connectivity index (χ1) is 15.5. The van der Waals surface area contributed by atoms with E-state index < -0.39 is 12.0 Å². The fourth-order valence-electron chi connectivity index (χ4n) is 4.50. The number of rotatable bonds is 5. The van der Waals surface area contributed by atoms with E-state index in [9.17, 15) is 9.59 Å². The zero-order chi connectivity index (χ0) is 22.7. The zero-order valence-corrected chi connectivity index (χ0v) is 19.2. The molecular weight excluding hydrogens is 443 g/mol. The van der Waals surface area contributed by atoms with Crippen LogP contribution in [0.15, 0.2) is 72.8 Å². The van der Waals surface area contributed by atoms with Gasteiger partial charge in [0, 0.05) is 28.1 Å². The average molecular weight is 467 g/mol. The summed E-state index contributed by atoms with van der Waals surface area (Å²) in [5, 5.41) is 7.22. The minimum Gasteiger partial charge on any atom is -0.348 e. The van der Waals surface area contributed by atoms with E-state index in [0.717, 1.165) is 23.1 Å². The molecule has 1 saturated heterocycles. The van der Waals surface area contributed by atoms with E-state index in [0.29, 0.717) is 15.7 Å². The molecule has 0 radical (unpaired) electrons. The molecule has 1 heterocycles. The van der Waals surface area contributed by atoms with E-state index in [-0.39, 0.29) is 24.2 Å². The summed E-state index contributed by atoms with van der Waals surface area (Å²) in [4.78, 5) is 26.5. The number of amides is 2. The van der Waals surface area contributed by atoms with Gasteiger partial charge in [0.2, 0.25) is 11.8 Å². The van der Waals surface area contributed by atoms with Crippen molar-refractivity contribution < 1.29 is 9.59 Å². The van der Waals surface area contributed by atoms with Gasteiger partial charge in [-0.25, -0.2) is 0 Å². The molecular formula is C26H24Cl2N2O2. The third kappa shape index (κ3) is 4.82. The van der Waals surface area contributed by atoms with Crippen LogP contribution in [0, 0.1) is 5.92 Å². The van der Waals surface area contributed by atoms with Gasteiger partial charge in [-0.3, -0.25) is 9.59 Å². The third-order valence-corrected chi connectivity index (χ3v) is 6.43. The second-order valence-electron chi connectivity index (χ2n) is 7.99. The predicted octanol–water partition coefficient (Wildman–Crippen LogP) is 6.16. The normalized spacial score (nSPS) is 20.5. The number of anilines is 1. The summed E-state index contributed by atoms with van der Waals surface area (Å²) in [6.07, 6.45) is 1.01. The van der Waals surface area contributed by atoms with Crippen molar-refractivity contribution in [1.29, 1.82) is 0 Å². The molecule has 4 rings (SSSR count). The number of hydrogen-bond donors (Lipinski definition) is 2. The summed E-state index contributed by atoms with van der Waals surface area (Å²) in [6.45, 7) is 2.07. The maximum atomic E-state index is 13.7. The quantitative estimate of drug-likeness (QED) is 0.473. The second-order valence-corrected chi connectivity index (χ2v) is 8.86. The molecule has 164 valence electrons. The summed E-state index contributed by atoms with van der Waals surface area (Å²) in [5.41, 5.74) is 3.55. The highest BCUT2D eigenvalue weighted by Gasteiger charge is 2.43. The van der Waals surface area contributed by atoms with Gasteiger partial charge in [0.15, 0.2) is 0 Å². The van der Waals surface area contributed by atoms with Crippen molar-refractivity contribution in [2.75, 3.05) is 5.32 Å². The van der Waals surface area contributed by atoms with E-state index in [1.807, 2.05) is 42.5 Å². The maximum absolute atomic E-state index is 13.7. The second kappa shape index (κ2) is 9.76. The summed E-state index contributed by atoms with van der Waals surface area (Å²) < 4.78 is 0. The molecule has 0 unspecified atom stereocenters. The highest BCUT2D eigenvalue weighted by Crippen LogP contribution is 2.42. The fourth-order valence-corrected chi connectivity index (χ4v) is 4.89. The van der Waals surface area contributed by atoms with E-state index in [2.05, 4.69) is 17.6 Å². The van der Waals surface area contributed by atoms with Gasteiger partial charge >= 0.3 is 0 Å². The smallest absolute Gasteiger partial charge is 0.230 e. The van der Waals surface area contributed by atoms with Gasteiger partial charge in [-0.15, -0.1) is 0 Å². The lowest BCUT2D eigenvalue weighted by Crippen LogP contribution is -2.47. The van der Waals surface area contributed by atoms with Crippen LogP contribution < -0.4 is 10.6 Å². The summed E-state index contributed by atoms with van der Waals surface area (Å²) in [6, 6.07) is 22.0. The molecule has 3 aromatic rings. The van der Waals surface area contributed by atoms with Crippen molar-refractivity contribution in [3.63, 3.8) is 0 Å². The van der Waals surface area contributed by atoms with E-state index in [4.69, 9.17) is 23.2 Å². The van der Waals surface area contributed by atoms with Crippen LogP contribution in [-0.2, 0) is 16.0 Å². The number of benzene rings is 3. The minimum absolute atomic E-state index is 0.0855. The van der Waals surface area contributed by atoms with Crippen LogP contribution in [0.1, 0.15) is 42.0 Å². The van der Waals surface area contributed by atoms with Crippen LogP contribution >= 0.6 is 23.2 Å². The van der Waals surface area contributed by atoms with Crippen LogP contribution in [-0.4, -0.2) is 11.8 Å². The Morgan fingerprint density at radius 3 is 2.44 bits per heavy atom. The van der Waals surface area contributed by atoms with Gasteiger partial charge in [0.05, 0.1) is 12.0 Å². The lowest BCUT2D eigenvalue weighted by atomic mass is 9.73. The van der Waals surface area contributed by atoms with Gasteiger partial charge < -0.3 is 10.6 Å². The Labute approximate surface area is 197 Å². The monoisotopic (exact) mass is 466 g/mol. The van der Waals surface area contributed by atoms with Crippen LogP contribution in [0.3, 0.4) is 0 Å². The van der Waals surface area contributed by atoms with Crippen molar-refractivity contribution in [2.45, 2.75) is 31.7 Å². The van der Waals surface area contributed by atoms with E-state index in [1.54, 1.807) is 30.3 Å². The predicted molar refractivity (Wildman–Crippen MR) is 129 cm³/mol. The van der Waals surface area contributed by atoms with Crippen molar-refractivity contribution in [1.82, 2.24) is 5.32 Å². The highest BCUT2D eigenvalue weighted by molar-refractivity contribution is 6.31. The Kier molecular flexibility index (Phi) is 6.83. The molecule has 1 aliphatic heterocycles. The summed E-state index contributed by atoms with van der Waals surface area (Å²) in [7, 11) is 0. The first-order valence-electron chi connectivity index (χ1n) is 10.7. The maximum Gasteiger partial charge on any atom is 0.230 e. The number of aryl methyl sites for hydroxylation is 1. The lowest BCUT2D eigenvalue weighted by Gasteiger charge is -2.39. The Balaban J connectivity index is 1.79. The molecule has 6 heteroatoms. The molecule has 0 aromatic heterocycles. The summed E-state index contributed by atoms with van der Waals surface area (Å²) >= 11 is 12.4. The van der Waals surface area contributed by atoms with Crippen LogP contribution in [0.2, 0.25) is 10.0 Å². The SMILES string of the molecule is CCc1ccccc1[C@H]1NC(=O)C[C@@H](c2cccc(Cl)c2)[C@@H]1C(=O)Nc1cccc(Cl)c1. The Hall–Kier alpha value is -2.82. The Morgan fingerprint density at radius 2 is 1.72 bits per heavy atom. The molecule has 3 aromatic carbocycles. The molecule has 3 atom stereocenters. The molecule has 1 fully saturated rings. The summed E-state index contributed by atoms with van der Waals surface area (Å²) in [5.74, 6) is -1.11. The minimum atomic E-state index is -0.530. The van der Waals surface area contributed by atoms with E-state index in [1.165, 1.54) is 0 Å². The van der Waals surface area contributed by atoms with Crippen molar-refractivity contribution in [3.8, 4) is 0 Å². The molecule has 0 aliphatic carbocycles. The number of halogens is 2. The molecule has 2 amide bonds.